The summed E-state index contributed by atoms with van der Waals surface area (Å²) >= 11 is 0.894. The maximum atomic E-state index is 12.3. The van der Waals surface area contributed by atoms with Gasteiger partial charge in [-0.3, -0.25) is 4.79 Å². The number of rotatable bonds is 4. The Morgan fingerprint density at radius 3 is 2.60 bits per heavy atom. The molecule has 6 heteroatoms. The van der Waals surface area contributed by atoms with Gasteiger partial charge in [0.25, 0.3) is 0 Å². The van der Waals surface area contributed by atoms with Crippen molar-refractivity contribution >= 4 is 23.1 Å². The normalized spacial score (nSPS) is 10.1. The van der Waals surface area contributed by atoms with Crippen molar-refractivity contribution in [1.82, 2.24) is 0 Å². The zero-order valence-corrected chi connectivity index (χ0v) is 11.7. The summed E-state index contributed by atoms with van der Waals surface area (Å²) in [6, 6.07) is 7.80. The van der Waals surface area contributed by atoms with Crippen molar-refractivity contribution in [3.8, 4) is 11.5 Å². The molecule has 20 heavy (non-hydrogen) atoms. The van der Waals surface area contributed by atoms with Gasteiger partial charge in [0.2, 0.25) is 5.78 Å². The fourth-order valence-electron chi connectivity index (χ4n) is 1.64. The maximum absolute atomic E-state index is 12.3. The Balaban J connectivity index is 2.38. The molecule has 2 aromatic rings. The quantitative estimate of drug-likeness (QED) is 0.692. The second-order valence-electron chi connectivity index (χ2n) is 3.88. The van der Waals surface area contributed by atoms with E-state index in [9.17, 15) is 14.7 Å². The minimum Gasteiger partial charge on any atom is -0.506 e. The summed E-state index contributed by atoms with van der Waals surface area (Å²) in [6.07, 6.45) is 0. The Bertz CT molecular complexity index is 659. The molecule has 0 fully saturated rings. The van der Waals surface area contributed by atoms with Crippen LogP contribution in [0.1, 0.15) is 24.9 Å². The van der Waals surface area contributed by atoms with Gasteiger partial charge in [0.15, 0.2) is 0 Å². The van der Waals surface area contributed by atoms with E-state index in [4.69, 9.17) is 4.74 Å². The van der Waals surface area contributed by atoms with E-state index in [-0.39, 0.29) is 21.3 Å². The minimum absolute atomic E-state index is 0.0960. The fraction of sp³-hybridized carbons (Fsp3) is 0.143. The van der Waals surface area contributed by atoms with E-state index >= 15 is 0 Å². The van der Waals surface area contributed by atoms with Crippen LogP contribution in [0.3, 0.4) is 0 Å². The molecular formula is C14H12O5S. The van der Waals surface area contributed by atoms with Crippen molar-refractivity contribution in [3.63, 3.8) is 0 Å². The number of aromatic hydroxyl groups is 1. The molecule has 0 spiro atoms. The number of thiophene rings is 1. The number of carbonyl (C=O) groups is 2. The predicted octanol–water partition coefficient (Wildman–Crippen LogP) is 2.48. The SMILES string of the molecule is COC(=O)c1cc(O)c(C(=O)c2cccc(OC)c2)s1. The van der Waals surface area contributed by atoms with Crippen LogP contribution in [0.15, 0.2) is 30.3 Å². The molecule has 0 saturated carbocycles. The zero-order chi connectivity index (χ0) is 14.7. The Labute approximate surface area is 119 Å². The van der Waals surface area contributed by atoms with Gasteiger partial charge in [-0.05, 0) is 12.1 Å². The average Bonchev–Trinajstić information content (AvgIpc) is 2.87. The highest BCUT2D eigenvalue weighted by atomic mass is 32.1. The van der Waals surface area contributed by atoms with Crippen LogP contribution in [-0.2, 0) is 4.74 Å². The number of ketones is 1. The summed E-state index contributed by atoms with van der Waals surface area (Å²) in [5.41, 5.74) is 0.373. The fourth-order valence-corrected chi connectivity index (χ4v) is 2.57. The number of benzene rings is 1. The third-order valence-electron chi connectivity index (χ3n) is 2.64. The standard InChI is InChI=1S/C14H12O5S/c1-18-9-5-3-4-8(6-9)12(16)13-10(15)7-11(20-13)14(17)19-2/h3-7,15H,1-2H3. The topological polar surface area (TPSA) is 72.8 Å². The average molecular weight is 292 g/mol. The first-order chi connectivity index (χ1) is 9.56. The van der Waals surface area contributed by atoms with Crippen molar-refractivity contribution < 1.29 is 24.2 Å². The van der Waals surface area contributed by atoms with Gasteiger partial charge in [0.1, 0.15) is 21.3 Å². The summed E-state index contributed by atoms with van der Waals surface area (Å²) in [6.45, 7) is 0. The summed E-state index contributed by atoms with van der Waals surface area (Å²) in [5.74, 6) is -0.653. The van der Waals surface area contributed by atoms with E-state index in [0.29, 0.717) is 11.3 Å². The lowest BCUT2D eigenvalue weighted by Crippen LogP contribution is -1.99. The molecule has 1 N–H and O–H groups in total. The van der Waals surface area contributed by atoms with Crippen LogP contribution in [0.25, 0.3) is 0 Å². The molecule has 0 unspecified atom stereocenters. The van der Waals surface area contributed by atoms with Crippen LogP contribution in [0.5, 0.6) is 11.5 Å². The Morgan fingerprint density at radius 1 is 1.20 bits per heavy atom. The maximum Gasteiger partial charge on any atom is 0.348 e. The number of esters is 1. The van der Waals surface area contributed by atoms with Gasteiger partial charge in [0.05, 0.1) is 14.2 Å². The first kappa shape index (κ1) is 14.1. The van der Waals surface area contributed by atoms with Gasteiger partial charge in [0, 0.05) is 11.6 Å². The molecule has 104 valence electrons. The van der Waals surface area contributed by atoms with Gasteiger partial charge in [-0.25, -0.2) is 4.79 Å². The monoisotopic (exact) mass is 292 g/mol. The summed E-state index contributed by atoms with van der Waals surface area (Å²) in [4.78, 5) is 24.0. The van der Waals surface area contributed by atoms with Gasteiger partial charge in [-0.1, -0.05) is 12.1 Å². The van der Waals surface area contributed by atoms with Crippen LogP contribution in [0.4, 0.5) is 0 Å². The van der Waals surface area contributed by atoms with E-state index in [1.165, 1.54) is 20.3 Å². The highest BCUT2D eigenvalue weighted by Gasteiger charge is 2.21. The van der Waals surface area contributed by atoms with Gasteiger partial charge in [-0.15, -0.1) is 11.3 Å². The van der Waals surface area contributed by atoms with Crippen molar-refractivity contribution in [1.29, 1.82) is 0 Å². The van der Waals surface area contributed by atoms with E-state index in [1.807, 2.05) is 0 Å². The predicted molar refractivity (Wildman–Crippen MR) is 73.7 cm³/mol. The van der Waals surface area contributed by atoms with E-state index in [2.05, 4.69) is 4.74 Å². The third kappa shape index (κ3) is 2.65. The van der Waals surface area contributed by atoms with Gasteiger partial charge in [-0.2, -0.15) is 0 Å². The van der Waals surface area contributed by atoms with Crippen LogP contribution < -0.4 is 4.74 Å². The molecule has 0 aliphatic carbocycles. The van der Waals surface area contributed by atoms with Gasteiger partial charge < -0.3 is 14.6 Å². The molecule has 5 nitrogen and oxygen atoms in total. The first-order valence-corrected chi connectivity index (χ1v) is 6.48. The zero-order valence-electron chi connectivity index (χ0n) is 10.9. The van der Waals surface area contributed by atoms with Crippen LogP contribution in [0.2, 0.25) is 0 Å². The van der Waals surface area contributed by atoms with Crippen molar-refractivity contribution in [2.75, 3.05) is 14.2 Å². The molecule has 0 aliphatic rings. The molecule has 0 saturated heterocycles. The van der Waals surface area contributed by atoms with Crippen molar-refractivity contribution in [2.24, 2.45) is 0 Å². The second kappa shape index (κ2) is 5.75. The van der Waals surface area contributed by atoms with Crippen molar-refractivity contribution in [2.45, 2.75) is 0 Å². The molecule has 1 aromatic carbocycles. The molecule has 2 rings (SSSR count). The lowest BCUT2D eigenvalue weighted by Gasteiger charge is -2.02. The molecule has 0 atom stereocenters. The Morgan fingerprint density at radius 2 is 1.95 bits per heavy atom. The largest absolute Gasteiger partial charge is 0.506 e. The lowest BCUT2D eigenvalue weighted by atomic mass is 10.1. The van der Waals surface area contributed by atoms with Crippen molar-refractivity contribution in [3.05, 3.63) is 45.6 Å². The van der Waals surface area contributed by atoms with Crippen LogP contribution >= 0.6 is 11.3 Å². The summed E-state index contributed by atoms with van der Waals surface area (Å²) < 4.78 is 9.60. The highest BCUT2D eigenvalue weighted by molar-refractivity contribution is 7.16. The Kier molecular flexibility index (Phi) is 4.05. The van der Waals surface area contributed by atoms with E-state index in [1.54, 1.807) is 24.3 Å². The highest BCUT2D eigenvalue weighted by Crippen LogP contribution is 2.31. The molecule has 0 bridgehead atoms. The molecular weight excluding hydrogens is 280 g/mol. The molecule has 1 aromatic heterocycles. The van der Waals surface area contributed by atoms with E-state index < -0.39 is 5.97 Å². The number of methoxy groups -OCH3 is 2. The minimum atomic E-state index is -0.588. The lowest BCUT2D eigenvalue weighted by molar-refractivity contribution is 0.0606. The molecule has 0 aliphatic heterocycles. The van der Waals surface area contributed by atoms with Crippen LogP contribution in [0, 0.1) is 0 Å². The number of ether oxygens (including phenoxy) is 2. The molecule has 1 heterocycles. The smallest absolute Gasteiger partial charge is 0.348 e. The Hall–Kier alpha value is -2.34. The summed E-state index contributed by atoms with van der Waals surface area (Å²) in [5, 5.41) is 9.78. The van der Waals surface area contributed by atoms with E-state index in [0.717, 1.165) is 11.3 Å². The summed E-state index contributed by atoms with van der Waals surface area (Å²) in [7, 11) is 2.74. The number of carbonyl (C=O) groups excluding carboxylic acids is 2. The van der Waals surface area contributed by atoms with Gasteiger partial charge >= 0.3 is 5.97 Å². The molecule has 0 radical (unpaired) electrons. The number of hydrogen-bond acceptors (Lipinski definition) is 6. The first-order valence-electron chi connectivity index (χ1n) is 5.66. The second-order valence-corrected chi connectivity index (χ2v) is 4.93. The number of hydrogen-bond donors (Lipinski definition) is 1. The third-order valence-corrected chi connectivity index (χ3v) is 3.74. The molecule has 0 amide bonds. The van der Waals surface area contributed by atoms with Crippen LogP contribution in [-0.4, -0.2) is 31.1 Å².